The Hall–Kier alpha value is -4.66. The zero-order valence-electron chi connectivity index (χ0n) is 20.2. The molecule has 0 spiro atoms. The molecule has 4 rings (SSSR count). The van der Waals surface area contributed by atoms with Crippen LogP contribution < -0.4 is 0 Å². The van der Waals surface area contributed by atoms with Gasteiger partial charge >= 0.3 is 0 Å². The molecule has 0 unspecified atom stereocenters. The van der Waals surface area contributed by atoms with Gasteiger partial charge in [0.25, 0.3) is 5.69 Å². The fourth-order valence-electron chi connectivity index (χ4n) is 2.57. The maximum Gasteiger partial charge on any atom is 0.269 e. The minimum absolute atomic E-state index is 0.0159. The van der Waals surface area contributed by atoms with E-state index in [0.717, 1.165) is 12.0 Å². The molecule has 4 aromatic carbocycles. The molecule has 0 fully saturated rings. The van der Waals surface area contributed by atoms with Crippen LogP contribution in [0, 0.1) is 10.1 Å². The Morgan fingerprint density at radius 2 is 1.16 bits per heavy atom. The van der Waals surface area contributed by atoms with Gasteiger partial charge in [0.05, 0.1) is 11.5 Å². The third-order valence-corrected chi connectivity index (χ3v) is 4.40. The first-order valence-corrected chi connectivity index (χ1v) is 11.2. The van der Waals surface area contributed by atoms with Gasteiger partial charge in [-0.1, -0.05) is 84.9 Å². The smallest absolute Gasteiger partial charge is 0.269 e. The van der Waals surface area contributed by atoms with E-state index in [9.17, 15) is 10.1 Å². The number of phenolic OH excluding ortho intramolecular Hbond substituents is 3. The van der Waals surface area contributed by atoms with Crippen molar-refractivity contribution in [3.8, 4) is 17.2 Å². The van der Waals surface area contributed by atoms with Gasteiger partial charge < -0.3 is 25.5 Å². The lowest BCUT2D eigenvalue weighted by atomic mass is 10.2. The molecule has 0 bridgehead atoms. The van der Waals surface area contributed by atoms with E-state index in [0.29, 0.717) is 0 Å². The number of non-ortho nitro benzene ring substituents is 1. The van der Waals surface area contributed by atoms with Gasteiger partial charge in [0.15, 0.2) is 11.5 Å². The molecule has 0 saturated heterocycles. The van der Waals surface area contributed by atoms with E-state index in [2.05, 4.69) is 0 Å². The van der Waals surface area contributed by atoms with Gasteiger partial charge in [0, 0.05) is 18.7 Å². The highest BCUT2D eigenvalue weighted by molar-refractivity contribution is 5.48. The minimum atomic E-state index is -0.514. The lowest BCUT2D eigenvalue weighted by molar-refractivity contribution is -0.384. The molecular weight excluding hydrogens is 474 g/mol. The van der Waals surface area contributed by atoms with E-state index in [1.54, 1.807) is 18.2 Å². The van der Waals surface area contributed by atoms with Crippen LogP contribution in [0.15, 0.2) is 115 Å². The molecule has 0 amide bonds. The zero-order chi connectivity index (χ0) is 27.3. The van der Waals surface area contributed by atoms with Crippen molar-refractivity contribution in [2.75, 3.05) is 13.2 Å². The van der Waals surface area contributed by atoms with Crippen LogP contribution in [0.3, 0.4) is 0 Å². The van der Waals surface area contributed by atoms with Crippen molar-refractivity contribution in [2.24, 2.45) is 0 Å². The molecule has 0 aliphatic rings. The summed E-state index contributed by atoms with van der Waals surface area (Å²) in [6.45, 7) is 0.346. The predicted molar refractivity (Wildman–Crippen MR) is 144 cm³/mol. The summed E-state index contributed by atoms with van der Waals surface area (Å²) in [6, 6.07) is 31.0. The Bertz CT molecular complexity index is 1140. The number of nitro benzene ring substituents is 1. The van der Waals surface area contributed by atoms with Gasteiger partial charge in [-0.15, -0.1) is 0 Å². The molecule has 0 aromatic heterocycles. The molecule has 0 aliphatic carbocycles. The average molecular weight is 506 g/mol. The lowest BCUT2D eigenvalue weighted by Crippen LogP contribution is -1.88. The van der Waals surface area contributed by atoms with Crippen molar-refractivity contribution in [3.63, 3.8) is 0 Å². The largest absolute Gasteiger partial charge is 0.508 e. The van der Waals surface area contributed by atoms with E-state index in [4.69, 9.17) is 25.5 Å². The summed E-state index contributed by atoms with van der Waals surface area (Å²) in [5, 5.41) is 53.1. The first-order chi connectivity index (χ1) is 17.9. The van der Waals surface area contributed by atoms with Crippen LogP contribution in [0.4, 0.5) is 5.69 Å². The van der Waals surface area contributed by atoms with E-state index in [1.807, 2.05) is 66.7 Å². The fourth-order valence-corrected chi connectivity index (χ4v) is 2.57. The van der Waals surface area contributed by atoms with Crippen LogP contribution in [0.25, 0.3) is 6.08 Å². The van der Waals surface area contributed by atoms with Crippen LogP contribution in [0.5, 0.6) is 17.2 Å². The summed E-state index contributed by atoms with van der Waals surface area (Å²) < 4.78 is 0. The Morgan fingerprint density at radius 1 is 0.676 bits per heavy atom. The van der Waals surface area contributed by atoms with Crippen LogP contribution in [-0.4, -0.2) is 43.7 Å². The molecule has 0 atom stereocenters. The standard InChI is InChI=1S/C9H10O.C8H10O.C6H5NO3.C6H6O2/c10-8-4-7-9-5-2-1-3-6-9;9-7-6-8-4-2-1-3-5-8;8-6-3-1-5(2-4-6)7(9)10;7-5-3-1-2-4-6(5)8/h1-7,10H,8H2;1-5,9H,6-7H2;1-4,8H;1-4,7-8H. The molecule has 4 aromatic rings. The highest BCUT2D eigenvalue weighted by atomic mass is 16.6. The third-order valence-electron chi connectivity index (χ3n) is 4.40. The number of benzene rings is 4. The van der Waals surface area contributed by atoms with Gasteiger partial charge in [-0.05, 0) is 41.8 Å². The highest BCUT2D eigenvalue weighted by Crippen LogP contribution is 2.21. The van der Waals surface area contributed by atoms with E-state index in [-0.39, 0.29) is 36.1 Å². The summed E-state index contributed by atoms with van der Waals surface area (Å²) in [4.78, 5) is 9.52. The molecule has 0 saturated carbocycles. The monoisotopic (exact) mass is 505 g/mol. The summed E-state index contributed by atoms with van der Waals surface area (Å²) in [5.41, 5.74) is 2.30. The minimum Gasteiger partial charge on any atom is -0.508 e. The summed E-state index contributed by atoms with van der Waals surface area (Å²) in [5.74, 6) is -0.120. The van der Waals surface area contributed by atoms with Crippen LogP contribution in [-0.2, 0) is 6.42 Å². The van der Waals surface area contributed by atoms with Gasteiger partial charge in [-0.3, -0.25) is 10.1 Å². The second-order valence-corrected chi connectivity index (χ2v) is 7.22. The summed E-state index contributed by atoms with van der Waals surface area (Å²) in [7, 11) is 0. The lowest BCUT2D eigenvalue weighted by Gasteiger charge is -1.93. The molecule has 0 radical (unpaired) electrons. The Kier molecular flexibility index (Phi) is 15.3. The van der Waals surface area contributed by atoms with Crippen LogP contribution in [0.2, 0.25) is 0 Å². The van der Waals surface area contributed by atoms with Gasteiger partial charge in [0.2, 0.25) is 0 Å². The van der Waals surface area contributed by atoms with E-state index in [1.165, 1.54) is 42.0 Å². The second-order valence-electron chi connectivity index (χ2n) is 7.22. The predicted octanol–water partition coefficient (Wildman–Crippen LogP) is 5.31. The first-order valence-electron chi connectivity index (χ1n) is 11.2. The number of hydrogen-bond acceptors (Lipinski definition) is 7. The maximum absolute atomic E-state index is 10.0. The number of hydrogen-bond donors (Lipinski definition) is 5. The molecule has 8 heteroatoms. The molecule has 194 valence electrons. The van der Waals surface area contributed by atoms with Crippen molar-refractivity contribution in [2.45, 2.75) is 6.42 Å². The number of aromatic hydroxyl groups is 3. The van der Waals surface area contributed by atoms with Crippen LogP contribution >= 0.6 is 0 Å². The Balaban J connectivity index is 0.000000248. The molecule has 0 aliphatic heterocycles. The van der Waals surface area contributed by atoms with Crippen molar-refractivity contribution in [1.29, 1.82) is 0 Å². The normalized spacial score (nSPS) is 9.57. The van der Waals surface area contributed by atoms with E-state index < -0.39 is 4.92 Å². The summed E-state index contributed by atoms with van der Waals surface area (Å²) in [6.07, 6.45) is 4.37. The first kappa shape index (κ1) is 30.4. The van der Waals surface area contributed by atoms with Gasteiger partial charge in [-0.25, -0.2) is 0 Å². The Morgan fingerprint density at radius 3 is 1.59 bits per heavy atom. The third kappa shape index (κ3) is 14.4. The number of aliphatic hydroxyl groups excluding tert-OH is 2. The number of aliphatic hydroxyl groups is 2. The molecule has 8 nitrogen and oxygen atoms in total. The molecule has 5 N–H and O–H groups in total. The fraction of sp³-hybridized carbons (Fsp3) is 0.103. The van der Waals surface area contributed by atoms with Crippen molar-refractivity contribution >= 4 is 11.8 Å². The number of nitro groups is 1. The van der Waals surface area contributed by atoms with Crippen LogP contribution in [0.1, 0.15) is 11.1 Å². The second kappa shape index (κ2) is 18.6. The van der Waals surface area contributed by atoms with Crippen molar-refractivity contribution in [1.82, 2.24) is 0 Å². The number of para-hydroxylation sites is 2. The maximum atomic E-state index is 10.0. The topological polar surface area (TPSA) is 144 Å². The highest BCUT2D eigenvalue weighted by Gasteiger charge is 2.01. The molecule has 0 heterocycles. The summed E-state index contributed by atoms with van der Waals surface area (Å²) >= 11 is 0. The van der Waals surface area contributed by atoms with Crippen molar-refractivity contribution < 1.29 is 30.5 Å². The molecule has 37 heavy (non-hydrogen) atoms. The van der Waals surface area contributed by atoms with Crippen molar-refractivity contribution in [3.05, 3.63) is 137 Å². The van der Waals surface area contributed by atoms with Gasteiger partial charge in [0.1, 0.15) is 5.75 Å². The zero-order valence-corrected chi connectivity index (χ0v) is 20.2. The van der Waals surface area contributed by atoms with E-state index >= 15 is 0 Å². The number of nitrogens with zero attached hydrogens (tertiary/aromatic N) is 1. The Labute approximate surface area is 215 Å². The number of phenols is 3. The SMILES string of the molecule is O=[N+]([O-])c1ccc(O)cc1.OCC=Cc1ccccc1.OCCc1ccccc1.Oc1ccccc1O. The number of rotatable bonds is 5. The average Bonchev–Trinajstić information content (AvgIpc) is 2.92. The molecular formula is C29H31NO7. The van der Waals surface area contributed by atoms with Gasteiger partial charge in [-0.2, -0.15) is 0 Å². The quantitative estimate of drug-likeness (QED) is 0.140.